The number of carbonyl (C=O) groups is 2. The molecule has 27 heavy (non-hydrogen) atoms. The van der Waals surface area contributed by atoms with Crippen molar-refractivity contribution in [2.45, 2.75) is 19.1 Å². The second kappa shape index (κ2) is 8.86. The molecule has 1 amide bonds. The van der Waals surface area contributed by atoms with Crippen molar-refractivity contribution in [3.8, 4) is 0 Å². The fraction of sp³-hybridized carbons (Fsp3) is 0.222. The molecule has 0 unspecified atom stereocenters. The van der Waals surface area contributed by atoms with E-state index in [9.17, 15) is 29.2 Å². The Hall–Kier alpha value is -3.33. The van der Waals surface area contributed by atoms with Crippen molar-refractivity contribution in [1.29, 1.82) is 0 Å². The molecule has 2 aromatic rings. The molecule has 142 valence electrons. The van der Waals surface area contributed by atoms with Gasteiger partial charge in [-0.1, -0.05) is 12.1 Å². The Morgan fingerprint density at radius 3 is 2.41 bits per heavy atom. The zero-order chi connectivity index (χ0) is 20.0. The van der Waals surface area contributed by atoms with Crippen molar-refractivity contribution in [3.05, 3.63) is 75.6 Å². The Bertz CT molecular complexity index is 840. The molecule has 0 aromatic heterocycles. The smallest absolute Gasteiger partial charge is 0.331 e. The van der Waals surface area contributed by atoms with Crippen LogP contribution in [0.4, 0.5) is 10.1 Å². The molecule has 0 aliphatic heterocycles. The molecule has 0 bridgehead atoms. The number of rotatable bonds is 7. The molecule has 0 radical (unpaired) electrons. The van der Waals surface area contributed by atoms with Crippen molar-refractivity contribution >= 4 is 17.6 Å². The van der Waals surface area contributed by atoms with E-state index in [0.29, 0.717) is 0 Å². The number of carbonyl (C=O) groups excluding carboxylic acids is 2. The quantitative estimate of drug-likeness (QED) is 0.434. The molecule has 9 heteroatoms. The van der Waals surface area contributed by atoms with E-state index in [1.165, 1.54) is 30.3 Å². The van der Waals surface area contributed by atoms with Gasteiger partial charge in [-0.25, -0.2) is 9.18 Å². The first-order valence-corrected chi connectivity index (χ1v) is 7.99. The number of halogens is 1. The average molecular weight is 376 g/mol. The van der Waals surface area contributed by atoms with Crippen LogP contribution in [0.5, 0.6) is 0 Å². The molecule has 2 aromatic carbocycles. The minimum atomic E-state index is -1.56. The first-order chi connectivity index (χ1) is 12.8. The highest BCUT2D eigenvalue weighted by Gasteiger charge is 2.32. The summed E-state index contributed by atoms with van der Waals surface area (Å²) in [5.74, 6) is -2.62. The first kappa shape index (κ1) is 20.0. The van der Waals surface area contributed by atoms with Crippen molar-refractivity contribution < 1.29 is 28.7 Å². The third-order valence-corrected chi connectivity index (χ3v) is 3.71. The molecule has 0 saturated heterocycles. The summed E-state index contributed by atoms with van der Waals surface area (Å²) in [7, 11) is 0. The van der Waals surface area contributed by atoms with Gasteiger partial charge in [0.1, 0.15) is 11.9 Å². The Kier molecular flexibility index (Phi) is 6.56. The van der Waals surface area contributed by atoms with Gasteiger partial charge in [0.25, 0.3) is 11.6 Å². The zero-order valence-electron chi connectivity index (χ0n) is 14.3. The number of nitrogens with zero attached hydrogens (tertiary/aromatic N) is 1. The number of hydrogen-bond acceptors (Lipinski definition) is 6. The summed E-state index contributed by atoms with van der Waals surface area (Å²) in [6.45, 7) is 1.55. The molecule has 2 N–H and O–H groups in total. The van der Waals surface area contributed by atoms with Crippen LogP contribution in [0.1, 0.15) is 28.9 Å². The van der Waals surface area contributed by atoms with Gasteiger partial charge < -0.3 is 15.2 Å². The van der Waals surface area contributed by atoms with Crippen LogP contribution in [-0.2, 0) is 9.53 Å². The number of aliphatic hydroxyl groups is 1. The standard InChI is InChI=1S/C18H17FN2O6/c1-2-27-18(24)15(20-17(23)13-5-3-4-6-14(13)19)16(22)11-7-9-12(10-8-11)21(25)26/h3-10,15-16,22H,2H2,1H3,(H,20,23)/t15-,16-/m0/s1. The van der Waals surface area contributed by atoms with Gasteiger partial charge in [0.2, 0.25) is 0 Å². The van der Waals surface area contributed by atoms with Gasteiger partial charge in [0.05, 0.1) is 17.1 Å². The maximum atomic E-state index is 13.8. The molecular formula is C18H17FN2O6. The van der Waals surface area contributed by atoms with Crippen LogP contribution < -0.4 is 5.32 Å². The van der Waals surface area contributed by atoms with Crippen LogP contribution in [0, 0.1) is 15.9 Å². The highest BCUT2D eigenvalue weighted by molar-refractivity contribution is 5.97. The highest BCUT2D eigenvalue weighted by atomic mass is 19.1. The topological polar surface area (TPSA) is 119 Å². The monoisotopic (exact) mass is 376 g/mol. The van der Waals surface area contributed by atoms with E-state index in [2.05, 4.69) is 5.32 Å². The normalized spacial score (nSPS) is 12.7. The van der Waals surface area contributed by atoms with Crippen molar-refractivity contribution in [2.24, 2.45) is 0 Å². The number of non-ortho nitro benzene ring substituents is 1. The van der Waals surface area contributed by atoms with E-state index in [1.54, 1.807) is 6.92 Å². The van der Waals surface area contributed by atoms with Crippen LogP contribution in [0.25, 0.3) is 0 Å². The maximum absolute atomic E-state index is 13.8. The molecule has 0 aliphatic rings. The molecule has 0 fully saturated rings. The molecule has 0 saturated carbocycles. The van der Waals surface area contributed by atoms with E-state index >= 15 is 0 Å². The van der Waals surface area contributed by atoms with E-state index in [-0.39, 0.29) is 23.4 Å². The number of aliphatic hydroxyl groups excluding tert-OH is 1. The lowest BCUT2D eigenvalue weighted by Gasteiger charge is -2.23. The molecule has 2 rings (SSSR count). The molecule has 0 heterocycles. The van der Waals surface area contributed by atoms with Crippen LogP contribution in [0.15, 0.2) is 48.5 Å². The number of benzene rings is 2. The van der Waals surface area contributed by atoms with Crippen molar-refractivity contribution in [2.75, 3.05) is 6.61 Å². The fourth-order valence-corrected chi connectivity index (χ4v) is 2.35. The van der Waals surface area contributed by atoms with Gasteiger partial charge in [-0.15, -0.1) is 0 Å². The summed E-state index contributed by atoms with van der Waals surface area (Å²) >= 11 is 0. The summed E-state index contributed by atoms with van der Waals surface area (Å²) in [5.41, 5.74) is -0.357. The Balaban J connectivity index is 2.28. The Morgan fingerprint density at radius 2 is 1.85 bits per heavy atom. The number of nitro benzene ring substituents is 1. The minimum Gasteiger partial charge on any atom is -0.464 e. The fourth-order valence-electron chi connectivity index (χ4n) is 2.35. The zero-order valence-corrected chi connectivity index (χ0v) is 14.3. The third kappa shape index (κ3) is 4.85. The Labute approximate surface area is 153 Å². The lowest BCUT2D eigenvalue weighted by molar-refractivity contribution is -0.384. The molecule has 2 atom stereocenters. The third-order valence-electron chi connectivity index (χ3n) is 3.71. The minimum absolute atomic E-state index is 0.00210. The number of hydrogen-bond donors (Lipinski definition) is 2. The predicted octanol–water partition coefficient (Wildman–Crippen LogP) is 2.13. The van der Waals surface area contributed by atoms with Crippen LogP contribution in [0.3, 0.4) is 0 Å². The van der Waals surface area contributed by atoms with E-state index in [4.69, 9.17) is 4.74 Å². The summed E-state index contributed by atoms with van der Waals surface area (Å²) < 4.78 is 18.6. The number of amides is 1. The number of nitro groups is 1. The van der Waals surface area contributed by atoms with Gasteiger partial charge in [-0.3, -0.25) is 14.9 Å². The SMILES string of the molecule is CCOC(=O)[C@@H](NC(=O)c1ccccc1F)[C@@H](O)c1ccc([N+](=O)[O-])cc1. The van der Waals surface area contributed by atoms with E-state index in [0.717, 1.165) is 18.2 Å². The number of ether oxygens (including phenoxy) is 1. The van der Waals surface area contributed by atoms with Gasteiger partial charge in [0.15, 0.2) is 6.04 Å². The summed E-state index contributed by atoms with van der Waals surface area (Å²) in [4.78, 5) is 34.6. The molecule has 0 spiro atoms. The number of esters is 1. The van der Waals surface area contributed by atoms with Crippen molar-refractivity contribution in [3.63, 3.8) is 0 Å². The summed E-state index contributed by atoms with van der Waals surface area (Å²) in [5, 5.41) is 23.5. The molecule has 8 nitrogen and oxygen atoms in total. The molecular weight excluding hydrogens is 359 g/mol. The van der Waals surface area contributed by atoms with E-state index < -0.39 is 34.8 Å². The van der Waals surface area contributed by atoms with Crippen LogP contribution >= 0.6 is 0 Å². The second-order valence-corrected chi connectivity index (χ2v) is 5.48. The highest BCUT2D eigenvalue weighted by Crippen LogP contribution is 2.22. The second-order valence-electron chi connectivity index (χ2n) is 5.48. The maximum Gasteiger partial charge on any atom is 0.331 e. The predicted molar refractivity (Wildman–Crippen MR) is 92.3 cm³/mol. The van der Waals surface area contributed by atoms with Gasteiger partial charge in [0, 0.05) is 12.1 Å². The Morgan fingerprint density at radius 1 is 1.22 bits per heavy atom. The summed E-state index contributed by atoms with van der Waals surface area (Å²) in [6, 6.07) is 8.45. The van der Waals surface area contributed by atoms with Crippen LogP contribution in [-0.4, -0.2) is 34.6 Å². The van der Waals surface area contributed by atoms with Gasteiger partial charge in [-0.05, 0) is 36.8 Å². The van der Waals surface area contributed by atoms with E-state index in [1.807, 2.05) is 0 Å². The largest absolute Gasteiger partial charge is 0.464 e. The molecule has 0 aliphatic carbocycles. The average Bonchev–Trinajstić information content (AvgIpc) is 2.66. The van der Waals surface area contributed by atoms with Gasteiger partial charge >= 0.3 is 5.97 Å². The number of nitrogens with one attached hydrogen (secondary N) is 1. The first-order valence-electron chi connectivity index (χ1n) is 7.99. The lowest BCUT2D eigenvalue weighted by Crippen LogP contribution is -2.46. The summed E-state index contributed by atoms with van der Waals surface area (Å²) in [6.07, 6.45) is -1.56. The van der Waals surface area contributed by atoms with Crippen molar-refractivity contribution in [1.82, 2.24) is 5.32 Å². The van der Waals surface area contributed by atoms with Crippen LogP contribution in [0.2, 0.25) is 0 Å². The van der Waals surface area contributed by atoms with Gasteiger partial charge in [-0.2, -0.15) is 0 Å². The lowest BCUT2D eigenvalue weighted by atomic mass is 10.0.